The van der Waals surface area contributed by atoms with E-state index in [0.29, 0.717) is 17.9 Å². The van der Waals surface area contributed by atoms with Crippen molar-refractivity contribution in [1.29, 1.82) is 0 Å². The first-order valence-corrected chi connectivity index (χ1v) is 9.23. The van der Waals surface area contributed by atoms with Crippen molar-refractivity contribution in [2.45, 2.75) is 59.1 Å². The lowest BCUT2D eigenvalue weighted by Gasteiger charge is -2.23. The summed E-state index contributed by atoms with van der Waals surface area (Å²) in [6.07, 6.45) is 0. The van der Waals surface area contributed by atoms with E-state index >= 15 is 0 Å². The molecule has 0 aliphatic rings. The Morgan fingerprint density at radius 2 is 1.63 bits per heavy atom. The topological polar surface area (TPSA) is 47.6 Å². The van der Waals surface area contributed by atoms with E-state index in [1.165, 1.54) is 0 Å². The van der Waals surface area contributed by atoms with Gasteiger partial charge in [0, 0.05) is 16.7 Å². The molecule has 0 unspecified atom stereocenters. The molecule has 0 spiro atoms. The predicted octanol–water partition coefficient (Wildman–Crippen LogP) is 5.10. The Morgan fingerprint density at radius 3 is 2.22 bits per heavy atom. The van der Waals surface area contributed by atoms with E-state index in [-0.39, 0.29) is 16.9 Å². The first-order chi connectivity index (χ1) is 12.5. The van der Waals surface area contributed by atoms with Crippen LogP contribution < -0.4 is 14.8 Å². The van der Waals surface area contributed by atoms with E-state index in [1.807, 2.05) is 51.1 Å². The highest BCUT2D eigenvalue weighted by Gasteiger charge is 2.20. The van der Waals surface area contributed by atoms with Crippen LogP contribution in [0.3, 0.4) is 0 Å². The molecule has 0 fully saturated rings. The molecular formula is C23H31NO3. The number of carbonyl (C=O) groups is 1. The molecule has 27 heavy (non-hydrogen) atoms. The third-order valence-electron chi connectivity index (χ3n) is 4.11. The summed E-state index contributed by atoms with van der Waals surface area (Å²) in [7, 11) is 1.62. The zero-order valence-electron chi connectivity index (χ0n) is 17.5. The third-order valence-corrected chi connectivity index (χ3v) is 4.11. The molecular weight excluding hydrogens is 338 g/mol. The van der Waals surface area contributed by atoms with Crippen LogP contribution in [0, 0.1) is 0 Å². The molecule has 0 heterocycles. The highest BCUT2D eigenvalue weighted by Crippen LogP contribution is 2.32. The van der Waals surface area contributed by atoms with Gasteiger partial charge >= 0.3 is 0 Å². The van der Waals surface area contributed by atoms with E-state index in [9.17, 15) is 4.79 Å². The minimum atomic E-state index is -0.292. The standard InChI is InChI=1S/C23H31NO3/c1-22(2,3)18-10-8-9-11-20(18)27-15-17-14-16(12-13-19(17)26-7)21(25)24-23(4,5)6/h8-14H,15H2,1-7H3,(H,24,25). The van der Waals surface area contributed by atoms with E-state index in [1.54, 1.807) is 13.2 Å². The van der Waals surface area contributed by atoms with Crippen LogP contribution in [0.15, 0.2) is 42.5 Å². The van der Waals surface area contributed by atoms with Gasteiger partial charge in [0.1, 0.15) is 18.1 Å². The molecule has 4 heteroatoms. The fourth-order valence-electron chi connectivity index (χ4n) is 2.81. The number of benzene rings is 2. The number of carbonyl (C=O) groups excluding carboxylic acids is 1. The summed E-state index contributed by atoms with van der Waals surface area (Å²) in [5.41, 5.74) is 2.26. The second-order valence-electron chi connectivity index (χ2n) is 8.77. The van der Waals surface area contributed by atoms with Gasteiger partial charge in [0.2, 0.25) is 0 Å². The molecule has 0 aliphatic carbocycles. The van der Waals surface area contributed by atoms with Crippen LogP contribution in [0.5, 0.6) is 11.5 Å². The summed E-state index contributed by atoms with van der Waals surface area (Å²) in [5, 5.41) is 2.98. The van der Waals surface area contributed by atoms with Gasteiger partial charge in [-0.2, -0.15) is 0 Å². The van der Waals surface area contributed by atoms with Gasteiger partial charge in [-0.05, 0) is 56.0 Å². The van der Waals surface area contributed by atoms with Crippen LogP contribution in [-0.4, -0.2) is 18.6 Å². The first-order valence-electron chi connectivity index (χ1n) is 9.23. The molecule has 2 aromatic carbocycles. The summed E-state index contributed by atoms with van der Waals surface area (Å²) in [6.45, 7) is 12.7. The minimum Gasteiger partial charge on any atom is -0.496 e. The molecule has 2 rings (SSSR count). The Kier molecular flexibility index (Phi) is 6.19. The second-order valence-corrected chi connectivity index (χ2v) is 8.77. The molecule has 0 atom stereocenters. The molecule has 0 saturated heterocycles. The number of hydrogen-bond donors (Lipinski definition) is 1. The van der Waals surface area contributed by atoms with Crippen molar-refractivity contribution in [3.05, 3.63) is 59.2 Å². The number of para-hydroxylation sites is 1. The van der Waals surface area contributed by atoms with Gasteiger partial charge in [0.05, 0.1) is 7.11 Å². The fraction of sp³-hybridized carbons (Fsp3) is 0.435. The number of nitrogens with one attached hydrogen (secondary N) is 1. The van der Waals surface area contributed by atoms with E-state index in [2.05, 4.69) is 32.2 Å². The maximum atomic E-state index is 12.5. The fourth-order valence-corrected chi connectivity index (χ4v) is 2.81. The predicted molar refractivity (Wildman–Crippen MR) is 110 cm³/mol. The van der Waals surface area contributed by atoms with Crippen molar-refractivity contribution in [2.75, 3.05) is 7.11 Å². The molecule has 0 aliphatic heterocycles. The Morgan fingerprint density at radius 1 is 0.963 bits per heavy atom. The normalized spacial score (nSPS) is 11.8. The third kappa shape index (κ3) is 5.75. The molecule has 1 N–H and O–H groups in total. The van der Waals surface area contributed by atoms with E-state index in [0.717, 1.165) is 16.9 Å². The zero-order chi connectivity index (χ0) is 20.2. The van der Waals surface area contributed by atoms with Crippen LogP contribution in [0.1, 0.15) is 63.0 Å². The average molecular weight is 370 g/mol. The number of amides is 1. The Bertz CT molecular complexity index is 798. The van der Waals surface area contributed by atoms with Gasteiger partial charge < -0.3 is 14.8 Å². The van der Waals surface area contributed by atoms with E-state index < -0.39 is 0 Å². The van der Waals surface area contributed by atoms with Crippen molar-refractivity contribution < 1.29 is 14.3 Å². The Hall–Kier alpha value is -2.49. The van der Waals surface area contributed by atoms with Gasteiger partial charge in [-0.25, -0.2) is 0 Å². The van der Waals surface area contributed by atoms with E-state index in [4.69, 9.17) is 9.47 Å². The Labute approximate surface area is 162 Å². The summed E-state index contributed by atoms with van der Waals surface area (Å²) < 4.78 is 11.6. The molecule has 0 bridgehead atoms. The zero-order valence-corrected chi connectivity index (χ0v) is 17.5. The lowest BCUT2D eigenvalue weighted by molar-refractivity contribution is 0.0919. The number of hydrogen-bond acceptors (Lipinski definition) is 3. The quantitative estimate of drug-likeness (QED) is 0.797. The largest absolute Gasteiger partial charge is 0.496 e. The van der Waals surface area contributed by atoms with Gasteiger partial charge in [0.25, 0.3) is 5.91 Å². The summed E-state index contributed by atoms with van der Waals surface area (Å²) in [4.78, 5) is 12.5. The van der Waals surface area contributed by atoms with Crippen LogP contribution in [0.4, 0.5) is 0 Å². The molecule has 4 nitrogen and oxygen atoms in total. The van der Waals surface area contributed by atoms with Crippen LogP contribution >= 0.6 is 0 Å². The second kappa shape index (κ2) is 8.03. The minimum absolute atomic E-state index is 0.0187. The van der Waals surface area contributed by atoms with Crippen LogP contribution in [0.25, 0.3) is 0 Å². The van der Waals surface area contributed by atoms with Gasteiger partial charge in [-0.1, -0.05) is 39.0 Å². The monoisotopic (exact) mass is 369 g/mol. The maximum absolute atomic E-state index is 12.5. The molecule has 1 amide bonds. The van der Waals surface area contributed by atoms with Gasteiger partial charge in [-0.3, -0.25) is 4.79 Å². The SMILES string of the molecule is COc1ccc(C(=O)NC(C)(C)C)cc1COc1ccccc1C(C)(C)C. The molecule has 0 aromatic heterocycles. The van der Waals surface area contributed by atoms with Crippen molar-refractivity contribution >= 4 is 5.91 Å². The lowest BCUT2D eigenvalue weighted by Crippen LogP contribution is -2.40. The number of ether oxygens (including phenoxy) is 2. The highest BCUT2D eigenvalue weighted by molar-refractivity contribution is 5.95. The van der Waals surface area contributed by atoms with Crippen molar-refractivity contribution in [3.63, 3.8) is 0 Å². The molecule has 0 saturated carbocycles. The van der Waals surface area contributed by atoms with Gasteiger partial charge in [-0.15, -0.1) is 0 Å². The summed E-state index contributed by atoms with van der Waals surface area (Å²) in [5.74, 6) is 1.44. The molecule has 0 radical (unpaired) electrons. The summed E-state index contributed by atoms with van der Waals surface area (Å²) >= 11 is 0. The lowest BCUT2D eigenvalue weighted by atomic mass is 9.86. The maximum Gasteiger partial charge on any atom is 0.251 e. The summed E-state index contributed by atoms with van der Waals surface area (Å²) in [6, 6.07) is 13.5. The highest BCUT2D eigenvalue weighted by atomic mass is 16.5. The number of methoxy groups -OCH3 is 1. The van der Waals surface area contributed by atoms with Crippen LogP contribution in [-0.2, 0) is 12.0 Å². The van der Waals surface area contributed by atoms with Gasteiger partial charge in [0.15, 0.2) is 0 Å². The average Bonchev–Trinajstić information content (AvgIpc) is 2.57. The van der Waals surface area contributed by atoms with Crippen molar-refractivity contribution in [1.82, 2.24) is 5.32 Å². The van der Waals surface area contributed by atoms with Crippen molar-refractivity contribution in [3.8, 4) is 11.5 Å². The van der Waals surface area contributed by atoms with Crippen molar-refractivity contribution in [2.24, 2.45) is 0 Å². The smallest absolute Gasteiger partial charge is 0.251 e. The molecule has 2 aromatic rings. The molecule has 146 valence electrons. The Balaban J connectivity index is 2.26. The number of rotatable bonds is 5. The first kappa shape index (κ1) is 20.8. The van der Waals surface area contributed by atoms with Crippen LogP contribution in [0.2, 0.25) is 0 Å².